The van der Waals surface area contributed by atoms with Gasteiger partial charge in [-0.3, -0.25) is 4.98 Å². The van der Waals surface area contributed by atoms with Crippen LogP contribution in [0.4, 0.5) is 10.5 Å². The number of pyridine rings is 1. The third-order valence-corrected chi connectivity index (χ3v) is 2.01. The van der Waals surface area contributed by atoms with Gasteiger partial charge in [-0.25, -0.2) is 4.79 Å². The number of aryl methyl sites for hydroxylation is 1. The van der Waals surface area contributed by atoms with Crippen LogP contribution in [0.25, 0.3) is 0 Å². The number of hydrogen-bond acceptors (Lipinski definition) is 4. The summed E-state index contributed by atoms with van der Waals surface area (Å²) in [6.45, 7) is 7.69. The highest BCUT2D eigenvalue weighted by atomic mass is 16.6. The van der Waals surface area contributed by atoms with Crippen molar-refractivity contribution in [1.29, 1.82) is 0 Å². The highest BCUT2D eigenvalue weighted by Crippen LogP contribution is 2.10. The van der Waals surface area contributed by atoms with Crippen molar-refractivity contribution < 1.29 is 9.53 Å². The Balaban J connectivity index is 2.53. The number of alkyl carbamates (subject to hydrolysis) is 1. The number of carbonyl (C=O) groups excluding carboxylic acids is 1. The van der Waals surface area contributed by atoms with Crippen molar-refractivity contribution in [2.75, 3.05) is 5.73 Å². The quantitative estimate of drug-likeness (QED) is 0.824. The fraction of sp³-hybridized carbons (Fsp3) is 0.500. The van der Waals surface area contributed by atoms with E-state index in [0.29, 0.717) is 12.2 Å². The Hall–Kier alpha value is -1.78. The van der Waals surface area contributed by atoms with Gasteiger partial charge in [-0.1, -0.05) is 0 Å². The van der Waals surface area contributed by atoms with Crippen molar-refractivity contribution in [3.05, 3.63) is 23.5 Å². The SMILES string of the molecule is Cc1cc(N)cnc1CNC(=O)OC(C)(C)C. The average molecular weight is 237 g/mol. The van der Waals surface area contributed by atoms with Gasteiger partial charge in [-0.05, 0) is 39.3 Å². The molecule has 1 rings (SSSR count). The topological polar surface area (TPSA) is 77.2 Å². The third kappa shape index (κ3) is 4.72. The van der Waals surface area contributed by atoms with Gasteiger partial charge in [0.1, 0.15) is 5.60 Å². The molecule has 17 heavy (non-hydrogen) atoms. The zero-order valence-electron chi connectivity index (χ0n) is 10.7. The van der Waals surface area contributed by atoms with E-state index in [-0.39, 0.29) is 0 Å². The second-order valence-corrected chi connectivity index (χ2v) is 4.89. The summed E-state index contributed by atoms with van der Waals surface area (Å²) in [6, 6.07) is 1.82. The molecule has 0 spiro atoms. The lowest BCUT2D eigenvalue weighted by atomic mass is 10.2. The van der Waals surface area contributed by atoms with Crippen LogP contribution < -0.4 is 11.1 Å². The first-order valence-electron chi connectivity index (χ1n) is 5.46. The number of aromatic nitrogens is 1. The number of nitrogens with zero attached hydrogens (tertiary/aromatic N) is 1. The molecule has 3 N–H and O–H groups in total. The molecule has 0 aliphatic heterocycles. The summed E-state index contributed by atoms with van der Waals surface area (Å²) in [7, 11) is 0. The van der Waals surface area contributed by atoms with Crippen molar-refractivity contribution >= 4 is 11.8 Å². The summed E-state index contributed by atoms with van der Waals surface area (Å²) in [4.78, 5) is 15.6. The number of hydrogen-bond donors (Lipinski definition) is 2. The van der Waals surface area contributed by atoms with E-state index in [9.17, 15) is 4.79 Å². The Labute approximate surface area is 101 Å². The Morgan fingerprint density at radius 3 is 2.71 bits per heavy atom. The van der Waals surface area contributed by atoms with Crippen LogP contribution in [0.5, 0.6) is 0 Å². The fourth-order valence-corrected chi connectivity index (χ4v) is 1.28. The first-order valence-corrected chi connectivity index (χ1v) is 5.46. The molecule has 0 saturated carbocycles. The highest BCUT2D eigenvalue weighted by Gasteiger charge is 2.16. The molecule has 0 radical (unpaired) electrons. The Morgan fingerprint density at radius 2 is 2.18 bits per heavy atom. The molecular weight excluding hydrogens is 218 g/mol. The molecule has 0 unspecified atom stereocenters. The molecule has 0 atom stereocenters. The van der Waals surface area contributed by atoms with Crippen LogP contribution in [0.2, 0.25) is 0 Å². The van der Waals surface area contributed by atoms with E-state index in [1.807, 2.05) is 33.8 Å². The molecule has 0 bridgehead atoms. The molecule has 94 valence electrons. The summed E-state index contributed by atoms with van der Waals surface area (Å²) in [6.07, 6.45) is 1.12. The number of nitrogens with one attached hydrogen (secondary N) is 1. The van der Waals surface area contributed by atoms with Crippen molar-refractivity contribution in [3.8, 4) is 0 Å². The first kappa shape index (κ1) is 13.3. The van der Waals surface area contributed by atoms with E-state index < -0.39 is 11.7 Å². The predicted octanol–water partition coefficient (Wildman–Crippen LogP) is 2.00. The van der Waals surface area contributed by atoms with Crippen LogP contribution in [-0.4, -0.2) is 16.7 Å². The van der Waals surface area contributed by atoms with Crippen molar-refractivity contribution in [1.82, 2.24) is 10.3 Å². The van der Waals surface area contributed by atoms with E-state index >= 15 is 0 Å². The van der Waals surface area contributed by atoms with Gasteiger partial charge in [0.2, 0.25) is 0 Å². The number of rotatable bonds is 2. The zero-order chi connectivity index (χ0) is 13.1. The van der Waals surface area contributed by atoms with Gasteiger partial charge in [0, 0.05) is 0 Å². The monoisotopic (exact) mass is 237 g/mol. The summed E-state index contributed by atoms with van der Waals surface area (Å²) in [5.41, 5.74) is 7.44. The number of nitrogens with two attached hydrogens (primary N) is 1. The van der Waals surface area contributed by atoms with E-state index in [0.717, 1.165) is 11.3 Å². The molecule has 1 aromatic heterocycles. The summed E-state index contributed by atoms with van der Waals surface area (Å²) in [5.74, 6) is 0. The van der Waals surface area contributed by atoms with Crippen molar-refractivity contribution in [3.63, 3.8) is 0 Å². The molecule has 0 aromatic carbocycles. The third-order valence-electron chi connectivity index (χ3n) is 2.01. The van der Waals surface area contributed by atoms with Crippen LogP contribution in [0.15, 0.2) is 12.3 Å². The maximum atomic E-state index is 11.4. The minimum absolute atomic E-state index is 0.334. The number of amides is 1. The minimum atomic E-state index is -0.492. The fourth-order valence-electron chi connectivity index (χ4n) is 1.28. The molecule has 1 amide bonds. The van der Waals surface area contributed by atoms with E-state index in [1.54, 1.807) is 6.20 Å². The average Bonchev–Trinajstić information content (AvgIpc) is 2.13. The summed E-state index contributed by atoms with van der Waals surface area (Å²) < 4.78 is 5.12. The maximum absolute atomic E-state index is 11.4. The number of carbonyl (C=O) groups is 1. The molecule has 0 saturated heterocycles. The maximum Gasteiger partial charge on any atom is 0.407 e. The standard InChI is InChI=1S/C12H19N3O2/c1-8-5-9(13)6-14-10(8)7-15-11(16)17-12(2,3)4/h5-6H,7,13H2,1-4H3,(H,15,16). The van der Waals surface area contributed by atoms with Crippen molar-refractivity contribution in [2.24, 2.45) is 0 Å². The number of ether oxygens (including phenoxy) is 1. The molecule has 1 aromatic rings. The molecule has 5 heteroatoms. The number of anilines is 1. The highest BCUT2D eigenvalue weighted by molar-refractivity contribution is 5.67. The van der Waals surface area contributed by atoms with Gasteiger partial charge in [-0.2, -0.15) is 0 Å². The second kappa shape index (κ2) is 5.03. The number of nitrogen functional groups attached to an aromatic ring is 1. The largest absolute Gasteiger partial charge is 0.444 e. The lowest BCUT2D eigenvalue weighted by molar-refractivity contribution is 0.0523. The van der Waals surface area contributed by atoms with E-state index in [2.05, 4.69) is 10.3 Å². The molecule has 1 heterocycles. The Kier molecular flexibility index (Phi) is 3.93. The molecule has 0 aliphatic rings. The van der Waals surface area contributed by atoms with Crippen LogP contribution in [-0.2, 0) is 11.3 Å². The lowest BCUT2D eigenvalue weighted by Gasteiger charge is -2.19. The van der Waals surface area contributed by atoms with Crippen LogP contribution >= 0.6 is 0 Å². The Morgan fingerprint density at radius 1 is 1.53 bits per heavy atom. The molecule has 0 aliphatic carbocycles. The van der Waals surface area contributed by atoms with Crippen molar-refractivity contribution in [2.45, 2.75) is 39.8 Å². The summed E-state index contributed by atoms with van der Waals surface area (Å²) in [5, 5.41) is 2.65. The smallest absolute Gasteiger partial charge is 0.407 e. The van der Waals surface area contributed by atoms with Gasteiger partial charge in [0.15, 0.2) is 0 Å². The zero-order valence-corrected chi connectivity index (χ0v) is 10.7. The second-order valence-electron chi connectivity index (χ2n) is 4.89. The first-order chi connectivity index (χ1) is 7.78. The molecule has 0 fully saturated rings. The lowest BCUT2D eigenvalue weighted by Crippen LogP contribution is -2.32. The summed E-state index contributed by atoms with van der Waals surface area (Å²) >= 11 is 0. The van der Waals surface area contributed by atoms with Crippen LogP contribution in [0, 0.1) is 6.92 Å². The van der Waals surface area contributed by atoms with Crippen LogP contribution in [0.3, 0.4) is 0 Å². The van der Waals surface area contributed by atoms with Crippen LogP contribution in [0.1, 0.15) is 32.0 Å². The van der Waals surface area contributed by atoms with Gasteiger partial charge < -0.3 is 15.8 Å². The normalized spacial score (nSPS) is 11.1. The van der Waals surface area contributed by atoms with E-state index in [1.165, 1.54) is 0 Å². The Bertz CT molecular complexity index is 411. The molecule has 5 nitrogen and oxygen atoms in total. The molecular formula is C12H19N3O2. The van der Waals surface area contributed by atoms with Gasteiger partial charge >= 0.3 is 6.09 Å². The van der Waals surface area contributed by atoms with Gasteiger partial charge in [0.25, 0.3) is 0 Å². The van der Waals surface area contributed by atoms with Gasteiger partial charge in [-0.15, -0.1) is 0 Å². The van der Waals surface area contributed by atoms with Gasteiger partial charge in [0.05, 0.1) is 24.1 Å². The van der Waals surface area contributed by atoms with E-state index in [4.69, 9.17) is 10.5 Å². The minimum Gasteiger partial charge on any atom is -0.444 e. The predicted molar refractivity (Wildman–Crippen MR) is 66.5 cm³/mol.